The number of rotatable bonds is 6. The number of aryl methyl sites for hydroxylation is 1. The van der Waals surface area contributed by atoms with Crippen molar-refractivity contribution >= 4 is 45.7 Å². The molecule has 27 heavy (non-hydrogen) atoms. The van der Waals surface area contributed by atoms with Crippen LogP contribution in [0.15, 0.2) is 52.9 Å². The number of para-hydroxylation sites is 1. The van der Waals surface area contributed by atoms with Crippen molar-refractivity contribution in [2.24, 2.45) is 0 Å². The highest BCUT2D eigenvalue weighted by Gasteiger charge is 2.12. The van der Waals surface area contributed by atoms with E-state index in [1.165, 1.54) is 47.4 Å². The Kier molecular flexibility index (Phi) is 6.15. The SMILES string of the molecule is Cc1ccccc1NC(=O)CSc1nnc(NC(=O)c2ccc(F)cc2)s1. The number of carbonyl (C=O) groups is 2. The van der Waals surface area contributed by atoms with E-state index in [0.717, 1.165) is 11.3 Å². The van der Waals surface area contributed by atoms with Crippen LogP contribution < -0.4 is 10.6 Å². The summed E-state index contributed by atoms with van der Waals surface area (Å²) < 4.78 is 13.5. The summed E-state index contributed by atoms with van der Waals surface area (Å²) in [6.45, 7) is 1.92. The van der Waals surface area contributed by atoms with Crippen LogP contribution in [0.1, 0.15) is 15.9 Å². The molecule has 0 saturated carbocycles. The highest BCUT2D eigenvalue weighted by atomic mass is 32.2. The normalized spacial score (nSPS) is 10.4. The summed E-state index contributed by atoms with van der Waals surface area (Å²) in [6.07, 6.45) is 0. The maximum absolute atomic E-state index is 12.9. The van der Waals surface area contributed by atoms with Gasteiger partial charge in [-0.15, -0.1) is 10.2 Å². The quantitative estimate of drug-likeness (QED) is 0.481. The van der Waals surface area contributed by atoms with Crippen LogP contribution in [0, 0.1) is 12.7 Å². The van der Waals surface area contributed by atoms with E-state index in [9.17, 15) is 14.0 Å². The lowest BCUT2D eigenvalue weighted by molar-refractivity contribution is -0.113. The molecule has 1 heterocycles. The Balaban J connectivity index is 1.52. The molecule has 6 nitrogen and oxygen atoms in total. The third-order valence-corrected chi connectivity index (χ3v) is 5.45. The van der Waals surface area contributed by atoms with Crippen molar-refractivity contribution in [1.29, 1.82) is 0 Å². The molecule has 138 valence electrons. The number of carbonyl (C=O) groups excluding carboxylic acids is 2. The largest absolute Gasteiger partial charge is 0.325 e. The van der Waals surface area contributed by atoms with Gasteiger partial charge in [0, 0.05) is 11.3 Å². The molecule has 0 fully saturated rings. The molecule has 0 radical (unpaired) electrons. The third-order valence-electron chi connectivity index (χ3n) is 3.48. The number of halogens is 1. The average Bonchev–Trinajstić information content (AvgIpc) is 3.10. The van der Waals surface area contributed by atoms with Gasteiger partial charge in [-0.05, 0) is 42.8 Å². The highest BCUT2D eigenvalue weighted by molar-refractivity contribution is 8.01. The van der Waals surface area contributed by atoms with E-state index >= 15 is 0 Å². The molecule has 3 aromatic rings. The van der Waals surface area contributed by atoms with Crippen LogP contribution in [-0.4, -0.2) is 27.8 Å². The number of amides is 2. The lowest BCUT2D eigenvalue weighted by atomic mass is 10.2. The van der Waals surface area contributed by atoms with Crippen LogP contribution in [0.5, 0.6) is 0 Å². The molecule has 0 aliphatic heterocycles. The van der Waals surface area contributed by atoms with Crippen molar-refractivity contribution in [2.75, 3.05) is 16.4 Å². The predicted octanol–water partition coefficient (Wildman–Crippen LogP) is 3.97. The number of anilines is 2. The van der Waals surface area contributed by atoms with Gasteiger partial charge in [-0.25, -0.2) is 4.39 Å². The zero-order valence-electron chi connectivity index (χ0n) is 14.2. The first-order valence-corrected chi connectivity index (χ1v) is 9.70. The maximum Gasteiger partial charge on any atom is 0.257 e. The molecule has 2 N–H and O–H groups in total. The van der Waals surface area contributed by atoms with Crippen LogP contribution in [-0.2, 0) is 4.79 Å². The Labute approximate surface area is 163 Å². The van der Waals surface area contributed by atoms with Gasteiger partial charge in [-0.2, -0.15) is 0 Å². The number of nitrogens with one attached hydrogen (secondary N) is 2. The highest BCUT2D eigenvalue weighted by Crippen LogP contribution is 2.26. The third kappa shape index (κ3) is 5.35. The molecule has 0 spiro atoms. The first kappa shape index (κ1) is 19.0. The lowest BCUT2D eigenvalue weighted by Crippen LogP contribution is -2.14. The van der Waals surface area contributed by atoms with Gasteiger partial charge < -0.3 is 5.32 Å². The summed E-state index contributed by atoms with van der Waals surface area (Å²) in [5.74, 6) is -0.791. The van der Waals surface area contributed by atoms with E-state index in [1.807, 2.05) is 31.2 Å². The fourth-order valence-electron chi connectivity index (χ4n) is 2.12. The molecule has 2 amide bonds. The topological polar surface area (TPSA) is 84.0 Å². The van der Waals surface area contributed by atoms with Crippen molar-refractivity contribution in [2.45, 2.75) is 11.3 Å². The van der Waals surface area contributed by atoms with Gasteiger partial charge in [-0.1, -0.05) is 41.3 Å². The Hall–Kier alpha value is -2.78. The number of aromatic nitrogens is 2. The number of thioether (sulfide) groups is 1. The van der Waals surface area contributed by atoms with E-state index < -0.39 is 11.7 Å². The number of nitrogens with zero attached hydrogens (tertiary/aromatic N) is 2. The standard InChI is InChI=1S/C18H15FN4O2S2/c1-11-4-2-3-5-14(11)20-15(24)10-26-18-23-22-17(27-18)21-16(25)12-6-8-13(19)9-7-12/h2-9H,10H2,1H3,(H,20,24)(H,21,22,25). The van der Waals surface area contributed by atoms with Gasteiger partial charge in [-0.3, -0.25) is 14.9 Å². The van der Waals surface area contributed by atoms with E-state index in [-0.39, 0.29) is 11.7 Å². The van der Waals surface area contributed by atoms with E-state index in [4.69, 9.17) is 0 Å². The minimum Gasteiger partial charge on any atom is -0.325 e. The van der Waals surface area contributed by atoms with Crippen molar-refractivity contribution in [3.8, 4) is 0 Å². The molecule has 1 aromatic heterocycles. The summed E-state index contributed by atoms with van der Waals surface area (Å²) in [6, 6.07) is 12.7. The molecule has 0 aliphatic rings. The lowest BCUT2D eigenvalue weighted by Gasteiger charge is -2.06. The Morgan fingerprint density at radius 2 is 1.81 bits per heavy atom. The second kappa shape index (κ2) is 8.74. The molecule has 9 heteroatoms. The van der Waals surface area contributed by atoms with Crippen molar-refractivity contribution in [1.82, 2.24) is 10.2 Å². The van der Waals surface area contributed by atoms with E-state index in [1.54, 1.807) is 0 Å². The fourth-order valence-corrected chi connectivity index (χ4v) is 3.66. The Bertz CT molecular complexity index is 960. The van der Waals surface area contributed by atoms with Crippen molar-refractivity contribution in [3.63, 3.8) is 0 Å². The van der Waals surface area contributed by atoms with Gasteiger partial charge in [0.1, 0.15) is 5.82 Å². The summed E-state index contributed by atoms with van der Waals surface area (Å²) >= 11 is 2.40. The number of benzene rings is 2. The maximum atomic E-state index is 12.9. The van der Waals surface area contributed by atoms with Gasteiger partial charge in [0.05, 0.1) is 5.75 Å². The van der Waals surface area contributed by atoms with Gasteiger partial charge in [0.2, 0.25) is 11.0 Å². The van der Waals surface area contributed by atoms with Crippen LogP contribution >= 0.6 is 23.1 Å². The predicted molar refractivity (Wildman–Crippen MR) is 105 cm³/mol. The molecular formula is C18H15FN4O2S2. The number of hydrogen-bond donors (Lipinski definition) is 2. The second-order valence-electron chi connectivity index (χ2n) is 5.49. The minimum atomic E-state index is -0.412. The Morgan fingerprint density at radius 1 is 1.07 bits per heavy atom. The number of hydrogen-bond acceptors (Lipinski definition) is 6. The van der Waals surface area contributed by atoms with Gasteiger partial charge in [0.15, 0.2) is 4.34 Å². The van der Waals surface area contributed by atoms with Crippen molar-refractivity contribution < 1.29 is 14.0 Å². The van der Waals surface area contributed by atoms with E-state index in [0.29, 0.717) is 15.0 Å². The van der Waals surface area contributed by atoms with Crippen LogP contribution in [0.3, 0.4) is 0 Å². The summed E-state index contributed by atoms with van der Waals surface area (Å²) in [5.41, 5.74) is 2.07. The molecule has 3 rings (SSSR count). The monoisotopic (exact) mass is 402 g/mol. The zero-order chi connectivity index (χ0) is 19.2. The van der Waals surface area contributed by atoms with Crippen molar-refractivity contribution in [3.05, 3.63) is 65.5 Å². The molecule has 0 atom stereocenters. The summed E-state index contributed by atoms with van der Waals surface area (Å²) in [5, 5.41) is 13.6. The average molecular weight is 402 g/mol. The fraction of sp³-hybridized carbons (Fsp3) is 0.111. The molecule has 0 bridgehead atoms. The molecule has 2 aromatic carbocycles. The first-order chi connectivity index (χ1) is 13.0. The van der Waals surface area contributed by atoms with Gasteiger partial charge >= 0.3 is 0 Å². The Morgan fingerprint density at radius 3 is 2.56 bits per heavy atom. The van der Waals surface area contributed by atoms with E-state index in [2.05, 4.69) is 20.8 Å². The second-order valence-corrected chi connectivity index (χ2v) is 7.69. The molecule has 0 saturated heterocycles. The summed E-state index contributed by atoms with van der Waals surface area (Å²) in [7, 11) is 0. The molecular weight excluding hydrogens is 387 g/mol. The minimum absolute atomic E-state index is 0.151. The molecule has 0 unspecified atom stereocenters. The van der Waals surface area contributed by atoms with Gasteiger partial charge in [0.25, 0.3) is 5.91 Å². The molecule has 0 aliphatic carbocycles. The first-order valence-electron chi connectivity index (χ1n) is 7.90. The smallest absolute Gasteiger partial charge is 0.257 e. The van der Waals surface area contributed by atoms with Crippen LogP contribution in [0.2, 0.25) is 0 Å². The van der Waals surface area contributed by atoms with Crippen LogP contribution in [0.4, 0.5) is 15.2 Å². The van der Waals surface area contributed by atoms with Crippen LogP contribution in [0.25, 0.3) is 0 Å². The summed E-state index contributed by atoms with van der Waals surface area (Å²) in [4.78, 5) is 24.1. The zero-order valence-corrected chi connectivity index (χ0v) is 15.9.